The zero-order valence-electron chi connectivity index (χ0n) is 17.1. The van der Waals surface area contributed by atoms with Gasteiger partial charge in [0.1, 0.15) is 0 Å². The summed E-state index contributed by atoms with van der Waals surface area (Å²) in [5.41, 5.74) is 0. The molecule has 24 heavy (non-hydrogen) atoms. The van der Waals surface area contributed by atoms with Crippen LogP contribution in [0.3, 0.4) is 0 Å². The van der Waals surface area contributed by atoms with Crippen molar-refractivity contribution in [3.05, 3.63) is 0 Å². The highest BCUT2D eigenvalue weighted by atomic mass is 32.1. The Balaban J connectivity index is 3.05. The average Bonchev–Trinajstić information content (AvgIpc) is 2.57. The van der Waals surface area contributed by atoms with Crippen molar-refractivity contribution in [2.75, 3.05) is 12.9 Å². The van der Waals surface area contributed by atoms with E-state index in [-0.39, 0.29) is 0 Å². The van der Waals surface area contributed by atoms with Crippen molar-refractivity contribution in [2.45, 2.75) is 122 Å². The lowest BCUT2D eigenvalue weighted by Crippen LogP contribution is -2.27. The van der Waals surface area contributed by atoms with Gasteiger partial charge in [0.2, 0.25) is 0 Å². The molecule has 0 heterocycles. The van der Waals surface area contributed by atoms with E-state index in [9.17, 15) is 0 Å². The smallest absolute Gasteiger partial charge is 0.186 e. The third kappa shape index (κ3) is 18.9. The number of hydrogen-bond donors (Lipinski definition) is 1. The summed E-state index contributed by atoms with van der Waals surface area (Å²) in [6.45, 7) is 4.66. The molecule has 0 aliphatic rings. The van der Waals surface area contributed by atoms with E-state index in [2.05, 4.69) is 25.7 Å². The first kappa shape index (κ1) is 24.5. The van der Waals surface area contributed by atoms with Gasteiger partial charge in [-0.1, -0.05) is 96.3 Å². The SMILES string of the molecule is CO[Si](C)(C)CCCCCCCCCCCCCCCCCCS. The van der Waals surface area contributed by atoms with Crippen LogP contribution in [0.4, 0.5) is 0 Å². The van der Waals surface area contributed by atoms with Crippen LogP contribution >= 0.6 is 12.6 Å². The van der Waals surface area contributed by atoms with Crippen LogP contribution in [0.5, 0.6) is 0 Å². The molecule has 3 heteroatoms. The van der Waals surface area contributed by atoms with E-state index in [0.29, 0.717) is 0 Å². The number of unbranched alkanes of at least 4 members (excludes halogenated alkanes) is 15. The summed E-state index contributed by atoms with van der Waals surface area (Å²) in [7, 11) is 0.597. The molecule has 0 aliphatic carbocycles. The molecule has 146 valence electrons. The van der Waals surface area contributed by atoms with Crippen molar-refractivity contribution in [3.63, 3.8) is 0 Å². The van der Waals surface area contributed by atoms with E-state index in [1.54, 1.807) is 0 Å². The second-order valence-corrected chi connectivity index (χ2v) is 13.0. The predicted molar refractivity (Wildman–Crippen MR) is 117 cm³/mol. The summed E-state index contributed by atoms with van der Waals surface area (Å²) in [6, 6.07) is 1.33. The number of thiol groups is 1. The minimum atomic E-state index is -1.29. The molecule has 1 nitrogen and oxygen atoms in total. The van der Waals surface area contributed by atoms with Crippen LogP contribution in [0.2, 0.25) is 19.1 Å². The fraction of sp³-hybridized carbons (Fsp3) is 1.00. The van der Waals surface area contributed by atoms with E-state index >= 15 is 0 Å². The Morgan fingerprint density at radius 1 is 0.542 bits per heavy atom. The molecule has 0 rings (SSSR count). The Hall–Kier alpha value is 0.527. The van der Waals surface area contributed by atoms with E-state index in [1.165, 1.54) is 109 Å². The van der Waals surface area contributed by atoms with Crippen LogP contribution < -0.4 is 0 Å². The van der Waals surface area contributed by atoms with Gasteiger partial charge in [-0.25, -0.2) is 0 Å². The Bertz CT molecular complexity index is 246. The van der Waals surface area contributed by atoms with Crippen molar-refractivity contribution >= 4 is 20.9 Å². The molecule has 0 radical (unpaired) electrons. The summed E-state index contributed by atoms with van der Waals surface area (Å²) in [5, 5.41) is 0. The van der Waals surface area contributed by atoms with Crippen LogP contribution in [0.25, 0.3) is 0 Å². The maximum atomic E-state index is 5.60. The highest BCUT2D eigenvalue weighted by molar-refractivity contribution is 7.80. The van der Waals surface area contributed by atoms with E-state index in [4.69, 9.17) is 4.43 Å². The molecule has 0 spiro atoms. The molecule has 0 aromatic carbocycles. The van der Waals surface area contributed by atoms with E-state index in [1.807, 2.05) is 7.11 Å². The monoisotopic (exact) mass is 374 g/mol. The zero-order valence-corrected chi connectivity index (χ0v) is 19.0. The highest BCUT2D eigenvalue weighted by Gasteiger charge is 2.18. The summed E-state index contributed by atoms with van der Waals surface area (Å²) in [5.74, 6) is 1.06. The van der Waals surface area contributed by atoms with Gasteiger partial charge in [0, 0.05) is 7.11 Å². The molecule has 0 aliphatic heterocycles. The molecule has 0 N–H and O–H groups in total. The van der Waals surface area contributed by atoms with Gasteiger partial charge in [-0.2, -0.15) is 12.6 Å². The van der Waals surface area contributed by atoms with Crippen LogP contribution in [-0.2, 0) is 4.43 Å². The van der Waals surface area contributed by atoms with Crippen molar-refractivity contribution in [3.8, 4) is 0 Å². The first-order valence-electron chi connectivity index (χ1n) is 10.8. The van der Waals surface area contributed by atoms with Gasteiger partial charge in [0.25, 0.3) is 0 Å². The van der Waals surface area contributed by atoms with Gasteiger partial charge in [-0.3, -0.25) is 0 Å². The van der Waals surface area contributed by atoms with Gasteiger partial charge in [-0.05, 0) is 31.3 Å². The Labute approximate surface area is 160 Å². The third-order valence-corrected chi connectivity index (χ3v) is 8.22. The quantitative estimate of drug-likeness (QED) is 0.137. The lowest BCUT2D eigenvalue weighted by Gasteiger charge is -2.19. The van der Waals surface area contributed by atoms with E-state index < -0.39 is 8.32 Å². The fourth-order valence-corrected chi connectivity index (χ4v) is 4.77. The summed E-state index contributed by atoms with van der Waals surface area (Å²) in [4.78, 5) is 0. The van der Waals surface area contributed by atoms with Crippen molar-refractivity contribution in [1.29, 1.82) is 0 Å². The zero-order chi connectivity index (χ0) is 17.9. The highest BCUT2D eigenvalue weighted by Crippen LogP contribution is 2.17. The van der Waals surface area contributed by atoms with Crippen molar-refractivity contribution < 1.29 is 4.43 Å². The maximum Gasteiger partial charge on any atom is 0.186 e. The fourth-order valence-electron chi connectivity index (χ4n) is 3.24. The summed E-state index contributed by atoms with van der Waals surface area (Å²) in [6.07, 6.45) is 22.9. The minimum absolute atomic E-state index is 1.06. The van der Waals surface area contributed by atoms with Crippen LogP contribution in [0, 0.1) is 0 Å². The molecule has 0 aromatic heterocycles. The molecule has 0 saturated carbocycles. The third-order valence-electron chi connectivity index (χ3n) is 5.24. The first-order chi connectivity index (χ1) is 11.6. The average molecular weight is 375 g/mol. The molecule has 0 unspecified atom stereocenters. The first-order valence-corrected chi connectivity index (χ1v) is 14.5. The van der Waals surface area contributed by atoms with E-state index in [0.717, 1.165) is 5.75 Å². The predicted octanol–water partition coefficient (Wildman–Crippen LogP) is 8.01. The lowest BCUT2D eigenvalue weighted by atomic mass is 10.0. The topological polar surface area (TPSA) is 9.23 Å². The van der Waals surface area contributed by atoms with Gasteiger partial charge in [-0.15, -0.1) is 0 Å². The Morgan fingerprint density at radius 2 is 0.833 bits per heavy atom. The van der Waals surface area contributed by atoms with Gasteiger partial charge in [0.15, 0.2) is 8.32 Å². The minimum Gasteiger partial charge on any atom is -0.420 e. The standard InChI is InChI=1S/C21H46OSSi/c1-22-24(2,3)21-19-17-15-13-11-9-7-5-4-6-8-10-12-14-16-18-20-23/h23H,4-21H2,1-3H3. The molecule has 0 amide bonds. The van der Waals surface area contributed by atoms with Gasteiger partial charge in [0.05, 0.1) is 0 Å². The second-order valence-electron chi connectivity index (χ2n) is 8.09. The van der Waals surface area contributed by atoms with Gasteiger partial charge >= 0.3 is 0 Å². The lowest BCUT2D eigenvalue weighted by molar-refractivity contribution is 0.400. The van der Waals surface area contributed by atoms with Crippen LogP contribution in [0.1, 0.15) is 103 Å². The molecule has 0 saturated heterocycles. The normalized spacial score (nSPS) is 12.0. The summed E-state index contributed by atoms with van der Waals surface area (Å²) < 4.78 is 5.60. The van der Waals surface area contributed by atoms with Crippen molar-refractivity contribution in [1.82, 2.24) is 0 Å². The molecule has 0 aromatic rings. The number of hydrogen-bond acceptors (Lipinski definition) is 2. The molecule has 0 atom stereocenters. The molecule has 0 fully saturated rings. The molecule has 0 bridgehead atoms. The largest absolute Gasteiger partial charge is 0.420 e. The molecular formula is C21H46OSSi. The summed E-state index contributed by atoms with van der Waals surface area (Å²) >= 11 is 4.26. The Kier molecular flexibility index (Phi) is 18.7. The number of rotatable bonds is 19. The maximum absolute atomic E-state index is 5.60. The van der Waals surface area contributed by atoms with Crippen molar-refractivity contribution in [2.24, 2.45) is 0 Å². The van der Waals surface area contributed by atoms with Gasteiger partial charge < -0.3 is 4.43 Å². The Morgan fingerprint density at radius 3 is 1.12 bits per heavy atom. The van der Waals surface area contributed by atoms with Crippen LogP contribution in [-0.4, -0.2) is 21.2 Å². The molecular weight excluding hydrogens is 328 g/mol. The van der Waals surface area contributed by atoms with Crippen LogP contribution in [0.15, 0.2) is 0 Å². The second kappa shape index (κ2) is 18.3.